The Hall–Kier alpha value is 0.400. The highest BCUT2D eigenvalue weighted by atomic mass is 79.9. The summed E-state index contributed by atoms with van der Waals surface area (Å²) in [6, 6.07) is 0. The van der Waals surface area contributed by atoms with Crippen molar-refractivity contribution in [3.05, 3.63) is 21.6 Å². The molecule has 0 bridgehead atoms. The number of rotatable bonds is 4. The van der Waals surface area contributed by atoms with Crippen molar-refractivity contribution < 1.29 is 4.74 Å². The normalized spacial score (nSPS) is 26.2. The van der Waals surface area contributed by atoms with Crippen molar-refractivity contribution >= 4 is 31.9 Å². The van der Waals surface area contributed by atoms with Gasteiger partial charge in [-0.05, 0) is 51.1 Å². The van der Waals surface area contributed by atoms with Gasteiger partial charge in [-0.1, -0.05) is 31.6 Å². The van der Waals surface area contributed by atoms with Crippen LogP contribution in [0.3, 0.4) is 0 Å². The zero-order valence-electron chi connectivity index (χ0n) is 8.38. The van der Waals surface area contributed by atoms with Crippen LogP contribution >= 0.6 is 31.9 Å². The minimum absolute atomic E-state index is 0.255. The van der Waals surface area contributed by atoms with Gasteiger partial charge in [-0.25, -0.2) is 0 Å². The van der Waals surface area contributed by atoms with Crippen LogP contribution in [0.15, 0.2) is 21.6 Å². The topological polar surface area (TPSA) is 9.23 Å². The first-order chi connectivity index (χ1) is 6.72. The smallest absolute Gasteiger partial charge is 0.0794 e. The maximum absolute atomic E-state index is 5.90. The monoisotopic (exact) mass is 322 g/mol. The highest BCUT2D eigenvalue weighted by Gasteiger charge is 2.16. The van der Waals surface area contributed by atoms with E-state index in [1.165, 1.54) is 12.8 Å². The molecule has 0 aromatic carbocycles. The minimum atomic E-state index is 0.255. The molecule has 3 heteroatoms. The third-order valence-corrected chi connectivity index (χ3v) is 2.88. The van der Waals surface area contributed by atoms with E-state index in [0.717, 1.165) is 16.2 Å². The summed E-state index contributed by atoms with van der Waals surface area (Å²) < 4.78 is 6.90. The summed E-state index contributed by atoms with van der Waals surface area (Å²) in [6.07, 6.45) is 11.5. The van der Waals surface area contributed by atoms with Gasteiger partial charge in [0.25, 0.3) is 0 Å². The van der Waals surface area contributed by atoms with Gasteiger partial charge in [0.1, 0.15) is 0 Å². The second kappa shape index (κ2) is 6.81. The predicted octanol–water partition coefficient (Wildman–Crippen LogP) is 4.52. The van der Waals surface area contributed by atoms with Crippen LogP contribution in [0.2, 0.25) is 0 Å². The molecule has 80 valence electrons. The second-order valence-corrected chi connectivity index (χ2v) is 6.25. The molecule has 0 fully saturated rings. The fourth-order valence-electron chi connectivity index (χ4n) is 1.58. The van der Waals surface area contributed by atoms with E-state index in [2.05, 4.69) is 57.0 Å². The standard InChI is InChI=1S/C11H16Br2O/c1-2-4-9-5-3-6-10(14-9)7-8-11(12)13/h3,6,8-10H,2,4-5,7H2,1H3/t9-,10+/m1/s1. The molecule has 1 rings (SSSR count). The van der Waals surface area contributed by atoms with Gasteiger partial charge in [0, 0.05) is 0 Å². The molecule has 1 heterocycles. The highest BCUT2D eigenvalue weighted by Crippen LogP contribution is 2.21. The van der Waals surface area contributed by atoms with Crippen LogP contribution in [0, 0.1) is 0 Å². The number of ether oxygens (including phenoxy) is 1. The average Bonchev–Trinajstić information content (AvgIpc) is 2.16. The zero-order valence-corrected chi connectivity index (χ0v) is 11.6. The predicted molar refractivity (Wildman–Crippen MR) is 67.9 cm³/mol. The molecule has 0 radical (unpaired) electrons. The number of halogens is 2. The van der Waals surface area contributed by atoms with E-state index < -0.39 is 0 Å². The average molecular weight is 324 g/mol. The lowest BCUT2D eigenvalue weighted by Crippen LogP contribution is -2.23. The molecular weight excluding hydrogens is 308 g/mol. The lowest BCUT2D eigenvalue weighted by Gasteiger charge is -2.25. The van der Waals surface area contributed by atoms with Gasteiger partial charge in [-0.3, -0.25) is 0 Å². The van der Waals surface area contributed by atoms with Crippen molar-refractivity contribution in [1.82, 2.24) is 0 Å². The highest BCUT2D eigenvalue weighted by molar-refractivity contribution is 9.28. The van der Waals surface area contributed by atoms with Gasteiger partial charge in [0.05, 0.1) is 15.6 Å². The van der Waals surface area contributed by atoms with E-state index in [1.807, 2.05) is 0 Å². The SMILES string of the molecule is CCC[C@@H]1CC=C[C@@H](CC=C(Br)Br)O1. The molecule has 0 aromatic heterocycles. The van der Waals surface area contributed by atoms with Gasteiger partial charge >= 0.3 is 0 Å². The molecule has 14 heavy (non-hydrogen) atoms. The Bertz CT molecular complexity index is 219. The van der Waals surface area contributed by atoms with Gasteiger partial charge in [-0.15, -0.1) is 0 Å². The van der Waals surface area contributed by atoms with Crippen molar-refractivity contribution in [3.8, 4) is 0 Å². The van der Waals surface area contributed by atoms with Crippen LogP contribution < -0.4 is 0 Å². The Labute approximate surface area is 103 Å². The van der Waals surface area contributed by atoms with Crippen molar-refractivity contribution in [1.29, 1.82) is 0 Å². The van der Waals surface area contributed by atoms with Crippen molar-refractivity contribution in [2.75, 3.05) is 0 Å². The van der Waals surface area contributed by atoms with E-state index in [4.69, 9.17) is 4.74 Å². The Balaban J connectivity index is 2.36. The fourth-order valence-corrected chi connectivity index (χ4v) is 1.95. The van der Waals surface area contributed by atoms with Crippen LogP contribution in [0.5, 0.6) is 0 Å². The molecule has 0 aliphatic carbocycles. The third kappa shape index (κ3) is 4.76. The van der Waals surface area contributed by atoms with Gasteiger partial charge in [0.2, 0.25) is 0 Å². The number of hydrogen-bond acceptors (Lipinski definition) is 1. The summed E-state index contributed by atoms with van der Waals surface area (Å²) in [4.78, 5) is 0. The maximum Gasteiger partial charge on any atom is 0.0794 e. The fraction of sp³-hybridized carbons (Fsp3) is 0.636. The second-order valence-electron chi connectivity index (χ2n) is 3.48. The van der Waals surface area contributed by atoms with Crippen molar-refractivity contribution in [2.45, 2.75) is 44.8 Å². The molecular formula is C11H16Br2O. The van der Waals surface area contributed by atoms with Crippen LogP contribution in [0.4, 0.5) is 0 Å². The maximum atomic E-state index is 5.90. The first kappa shape index (κ1) is 12.5. The molecule has 0 saturated heterocycles. The molecule has 0 unspecified atom stereocenters. The molecule has 0 amide bonds. The molecule has 1 aliphatic heterocycles. The van der Waals surface area contributed by atoms with Crippen molar-refractivity contribution in [3.63, 3.8) is 0 Å². The van der Waals surface area contributed by atoms with Gasteiger partial charge in [0.15, 0.2) is 0 Å². The largest absolute Gasteiger partial charge is 0.370 e. The summed E-state index contributed by atoms with van der Waals surface area (Å²) in [7, 11) is 0. The Morgan fingerprint density at radius 3 is 3.00 bits per heavy atom. The van der Waals surface area contributed by atoms with E-state index in [9.17, 15) is 0 Å². The molecule has 2 atom stereocenters. The van der Waals surface area contributed by atoms with Crippen LogP contribution in [-0.2, 0) is 4.74 Å². The summed E-state index contributed by atoms with van der Waals surface area (Å²) in [5.74, 6) is 0. The van der Waals surface area contributed by atoms with Crippen LogP contribution in [0.1, 0.15) is 32.6 Å². The summed E-state index contributed by atoms with van der Waals surface area (Å²) in [5, 5.41) is 0. The van der Waals surface area contributed by atoms with E-state index in [-0.39, 0.29) is 6.10 Å². The third-order valence-electron chi connectivity index (χ3n) is 2.23. The minimum Gasteiger partial charge on any atom is -0.370 e. The molecule has 0 saturated carbocycles. The van der Waals surface area contributed by atoms with E-state index >= 15 is 0 Å². The molecule has 0 spiro atoms. The summed E-state index contributed by atoms with van der Waals surface area (Å²) >= 11 is 6.69. The summed E-state index contributed by atoms with van der Waals surface area (Å²) in [5.41, 5.74) is 0. The Kier molecular flexibility index (Phi) is 6.06. The summed E-state index contributed by atoms with van der Waals surface area (Å²) in [6.45, 7) is 2.20. The lowest BCUT2D eigenvalue weighted by molar-refractivity contribution is 0.00312. The quantitative estimate of drug-likeness (QED) is 0.691. The molecule has 0 aromatic rings. The Morgan fingerprint density at radius 2 is 2.36 bits per heavy atom. The zero-order chi connectivity index (χ0) is 10.4. The van der Waals surface area contributed by atoms with Gasteiger partial charge < -0.3 is 4.74 Å². The van der Waals surface area contributed by atoms with Crippen LogP contribution in [0.25, 0.3) is 0 Å². The lowest BCUT2D eigenvalue weighted by atomic mass is 10.1. The Morgan fingerprint density at radius 1 is 1.57 bits per heavy atom. The van der Waals surface area contributed by atoms with Gasteiger partial charge in [-0.2, -0.15) is 0 Å². The number of hydrogen-bond donors (Lipinski definition) is 0. The molecule has 1 aliphatic rings. The van der Waals surface area contributed by atoms with Crippen molar-refractivity contribution in [2.24, 2.45) is 0 Å². The first-order valence-corrected chi connectivity index (χ1v) is 6.64. The van der Waals surface area contributed by atoms with E-state index in [1.54, 1.807) is 0 Å². The molecule has 0 N–H and O–H groups in total. The first-order valence-electron chi connectivity index (χ1n) is 5.05. The molecule has 1 nitrogen and oxygen atoms in total. The van der Waals surface area contributed by atoms with E-state index in [0.29, 0.717) is 6.10 Å². The van der Waals surface area contributed by atoms with Crippen LogP contribution in [-0.4, -0.2) is 12.2 Å².